The molecule has 2 heterocycles. The van der Waals surface area contributed by atoms with Crippen molar-refractivity contribution in [3.05, 3.63) is 69.9 Å². The summed E-state index contributed by atoms with van der Waals surface area (Å²) in [6.45, 7) is 0. The molecule has 25 heavy (non-hydrogen) atoms. The number of H-pyrrole nitrogens is 1. The quantitative estimate of drug-likeness (QED) is 0.730. The summed E-state index contributed by atoms with van der Waals surface area (Å²) in [7, 11) is 0. The van der Waals surface area contributed by atoms with Crippen LogP contribution in [0.25, 0.3) is 5.69 Å². The summed E-state index contributed by atoms with van der Waals surface area (Å²) in [4.78, 5) is 25.3. The highest BCUT2D eigenvalue weighted by Crippen LogP contribution is 2.17. The Bertz CT molecular complexity index is 963. The van der Waals surface area contributed by atoms with Gasteiger partial charge in [0.25, 0.3) is 11.5 Å². The molecule has 2 aromatic heterocycles. The molecule has 0 radical (unpaired) electrons. The van der Waals surface area contributed by atoms with E-state index in [2.05, 4.69) is 25.7 Å². The number of amides is 1. The molecule has 1 aliphatic rings. The van der Waals surface area contributed by atoms with Gasteiger partial charge in [-0.15, -0.1) is 5.10 Å². The van der Waals surface area contributed by atoms with Crippen molar-refractivity contribution >= 4 is 5.91 Å². The molecule has 0 saturated heterocycles. The Balaban J connectivity index is 1.46. The fraction of sp³-hybridized carbons (Fsp3) is 0.235. The Morgan fingerprint density at radius 2 is 2.12 bits per heavy atom. The van der Waals surface area contributed by atoms with Gasteiger partial charge in [-0.3, -0.25) is 9.59 Å². The van der Waals surface area contributed by atoms with Gasteiger partial charge >= 0.3 is 0 Å². The first-order valence-corrected chi connectivity index (χ1v) is 8.05. The molecule has 1 aromatic carbocycles. The van der Waals surface area contributed by atoms with Crippen molar-refractivity contribution in [2.45, 2.75) is 25.3 Å². The molecule has 0 saturated carbocycles. The number of benzene rings is 1. The zero-order valence-corrected chi connectivity index (χ0v) is 13.3. The van der Waals surface area contributed by atoms with E-state index < -0.39 is 0 Å². The monoisotopic (exact) mass is 336 g/mol. The molecule has 8 heteroatoms. The lowest BCUT2D eigenvalue weighted by atomic mass is 9.92. The third-order valence-corrected chi connectivity index (χ3v) is 4.22. The topological polar surface area (TPSA) is 106 Å². The van der Waals surface area contributed by atoms with Crippen LogP contribution in [0.15, 0.2) is 47.4 Å². The predicted molar refractivity (Wildman–Crippen MR) is 89.5 cm³/mol. The predicted octanol–water partition coefficient (Wildman–Crippen LogP) is 0.638. The number of rotatable bonds is 3. The number of fused-ring (bicyclic) bond motifs is 1. The molecule has 1 atom stereocenters. The maximum Gasteiger partial charge on any atom is 0.273 e. The summed E-state index contributed by atoms with van der Waals surface area (Å²) in [5.74, 6) is -0.270. The third-order valence-electron chi connectivity index (χ3n) is 4.22. The van der Waals surface area contributed by atoms with E-state index in [9.17, 15) is 9.59 Å². The average Bonchev–Trinajstić information content (AvgIpc) is 3.12. The number of aromatic nitrogens is 5. The molecule has 0 unspecified atom stereocenters. The van der Waals surface area contributed by atoms with Crippen LogP contribution < -0.4 is 10.9 Å². The van der Waals surface area contributed by atoms with Crippen LogP contribution >= 0.6 is 0 Å². The molecule has 0 bridgehead atoms. The standard InChI is InChI=1S/C17H16N6O2/c24-16-9-11-8-12(6-7-14(11)20-21-16)19-17(25)15-10-18-23(22-15)13-4-2-1-3-5-13/h1-5,9-10,12H,6-8H2,(H,19,25)(H,21,24)/t12-/m1/s1. The van der Waals surface area contributed by atoms with Gasteiger partial charge in [0.2, 0.25) is 0 Å². The zero-order chi connectivity index (χ0) is 17.2. The van der Waals surface area contributed by atoms with Crippen LogP contribution in [0.2, 0.25) is 0 Å². The van der Waals surface area contributed by atoms with Gasteiger partial charge in [0.05, 0.1) is 17.6 Å². The smallest absolute Gasteiger partial charge is 0.273 e. The van der Waals surface area contributed by atoms with E-state index in [4.69, 9.17) is 0 Å². The molecule has 0 fully saturated rings. The fourth-order valence-electron chi connectivity index (χ4n) is 2.98. The lowest BCUT2D eigenvalue weighted by Gasteiger charge is -2.23. The number of hydrogen-bond donors (Lipinski definition) is 2. The minimum Gasteiger partial charge on any atom is -0.348 e. The van der Waals surface area contributed by atoms with E-state index in [0.717, 1.165) is 23.4 Å². The number of hydrogen-bond acceptors (Lipinski definition) is 5. The van der Waals surface area contributed by atoms with E-state index >= 15 is 0 Å². The van der Waals surface area contributed by atoms with Crippen LogP contribution in [0.1, 0.15) is 28.2 Å². The van der Waals surface area contributed by atoms with Gasteiger partial charge in [0.15, 0.2) is 5.69 Å². The van der Waals surface area contributed by atoms with Gasteiger partial charge in [-0.25, -0.2) is 5.10 Å². The highest BCUT2D eigenvalue weighted by atomic mass is 16.2. The molecular weight excluding hydrogens is 320 g/mol. The summed E-state index contributed by atoms with van der Waals surface area (Å²) in [6.07, 6.45) is 3.52. The Morgan fingerprint density at radius 1 is 1.28 bits per heavy atom. The molecule has 2 N–H and O–H groups in total. The Morgan fingerprint density at radius 3 is 2.96 bits per heavy atom. The SMILES string of the molecule is O=C(N[C@@H]1CCc2n[nH]c(=O)cc2C1)c1cnn(-c2ccccc2)n1. The highest BCUT2D eigenvalue weighted by Gasteiger charge is 2.23. The number of nitrogens with one attached hydrogen (secondary N) is 2. The van der Waals surface area contributed by atoms with Crippen molar-refractivity contribution < 1.29 is 4.79 Å². The molecule has 1 amide bonds. The van der Waals surface area contributed by atoms with E-state index in [1.165, 1.54) is 11.0 Å². The molecule has 0 spiro atoms. The van der Waals surface area contributed by atoms with Crippen LogP contribution in [0, 0.1) is 0 Å². The van der Waals surface area contributed by atoms with Crippen LogP contribution in [0.3, 0.4) is 0 Å². The van der Waals surface area contributed by atoms with Crippen molar-refractivity contribution in [3.8, 4) is 5.69 Å². The molecular formula is C17H16N6O2. The number of nitrogens with zero attached hydrogens (tertiary/aromatic N) is 4. The number of para-hydroxylation sites is 1. The Kier molecular flexibility index (Phi) is 3.85. The van der Waals surface area contributed by atoms with Gasteiger partial charge in [-0.1, -0.05) is 18.2 Å². The van der Waals surface area contributed by atoms with E-state index in [1.54, 1.807) is 6.07 Å². The number of carbonyl (C=O) groups is 1. The highest BCUT2D eigenvalue weighted by molar-refractivity contribution is 5.92. The van der Waals surface area contributed by atoms with Crippen molar-refractivity contribution in [2.24, 2.45) is 0 Å². The Labute approximate surface area is 142 Å². The zero-order valence-electron chi connectivity index (χ0n) is 13.3. The molecule has 1 aliphatic carbocycles. The first-order valence-electron chi connectivity index (χ1n) is 8.05. The van der Waals surface area contributed by atoms with Crippen LogP contribution in [-0.4, -0.2) is 37.1 Å². The van der Waals surface area contributed by atoms with E-state index in [-0.39, 0.29) is 23.2 Å². The lowest BCUT2D eigenvalue weighted by Crippen LogP contribution is -2.39. The van der Waals surface area contributed by atoms with Crippen LogP contribution in [-0.2, 0) is 12.8 Å². The Hall–Kier alpha value is -3.29. The molecule has 3 aromatic rings. The van der Waals surface area contributed by atoms with Gasteiger partial charge < -0.3 is 5.32 Å². The average molecular weight is 336 g/mol. The molecule has 4 rings (SSSR count). The summed E-state index contributed by atoms with van der Waals surface area (Å²) in [6, 6.07) is 10.9. The molecule has 8 nitrogen and oxygen atoms in total. The molecule has 126 valence electrons. The van der Waals surface area contributed by atoms with Crippen LogP contribution in [0.5, 0.6) is 0 Å². The van der Waals surface area contributed by atoms with Gasteiger partial charge in [0, 0.05) is 12.1 Å². The second-order valence-corrected chi connectivity index (χ2v) is 5.97. The van der Waals surface area contributed by atoms with Crippen molar-refractivity contribution in [1.82, 2.24) is 30.5 Å². The minimum absolute atomic E-state index is 0.0505. The summed E-state index contributed by atoms with van der Waals surface area (Å²) in [5.41, 5.74) is 2.60. The largest absolute Gasteiger partial charge is 0.348 e. The summed E-state index contributed by atoms with van der Waals surface area (Å²) in [5, 5.41) is 17.8. The maximum atomic E-state index is 12.4. The van der Waals surface area contributed by atoms with Gasteiger partial charge in [-0.2, -0.15) is 15.0 Å². The third kappa shape index (κ3) is 3.18. The second kappa shape index (κ2) is 6.31. The maximum absolute atomic E-state index is 12.4. The lowest BCUT2D eigenvalue weighted by molar-refractivity contribution is 0.0928. The first-order chi connectivity index (χ1) is 12.2. The number of carbonyl (C=O) groups excluding carboxylic acids is 1. The van der Waals surface area contributed by atoms with Gasteiger partial charge in [-0.05, 0) is 37.0 Å². The minimum atomic E-state index is -0.270. The van der Waals surface area contributed by atoms with Crippen molar-refractivity contribution in [2.75, 3.05) is 0 Å². The first kappa shape index (κ1) is 15.3. The number of aryl methyl sites for hydroxylation is 1. The number of aromatic amines is 1. The van der Waals surface area contributed by atoms with Crippen molar-refractivity contribution in [1.29, 1.82) is 0 Å². The molecule has 0 aliphatic heterocycles. The fourth-order valence-corrected chi connectivity index (χ4v) is 2.98. The van der Waals surface area contributed by atoms with E-state index in [1.807, 2.05) is 30.3 Å². The second-order valence-electron chi connectivity index (χ2n) is 5.97. The van der Waals surface area contributed by atoms with Gasteiger partial charge in [0.1, 0.15) is 0 Å². The summed E-state index contributed by atoms with van der Waals surface area (Å²) < 4.78 is 0. The summed E-state index contributed by atoms with van der Waals surface area (Å²) >= 11 is 0. The van der Waals surface area contributed by atoms with E-state index in [0.29, 0.717) is 12.8 Å². The van der Waals surface area contributed by atoms with Crippen LogP contribution in [0.4, 0.5) is 0 Å². The van der Waals surface area contributed by atoms with Crippen molar-refractivity contribution in [3.63, 3.8) is 0 Å². The normalized spacial score (nSPS) is 16.2.